The van der Waals surface area contributed by atoms with E-state index < -0.39 is 9.05 Å². The van der Waals surface area contributed by atoms with Crippen molar-refractivity contribution in [3.05, 3.63) is 28.8 Å². The Morgan fingerprint density at radius 1 is 1.32 bits per heavy atom. The number of nitrogens with zero attached hydrogens (tertiary/aromatic N) is 3. The Labute approximate surface area is 120 Å². The normalized spacial score (nSPS) is 11.8. The Morgan fingerprint density at radius 3 is 2.58 bits per heavy atom. The Morgan fingerprint density at radius 2 is 2.00 bits per heavy atom. The first-order valence-corrected chi connectivity index (χ1v) is 8.17. The van der Waals surface area contributed by atoms with Gasteiger partial charge in [-0.25, -0.2) is 8.42 Å². The summed E-state index contributed by atoms with van der Waals surface area (Å²) in [5.74, 6) is 0.432. The van der Waals surface area contributed by atoms with Crippen molar-refractivity contribution in [1.29, 1.82) is 0 Å². The zero-order chi connectivity index (χ0) is 14.2. The molecule has 0 atom stereocenters. The Balaban J connectivity index is 2.70. The summed E-state index contributed by atoms with van der Waals surface area (Å²) in [5.41, 5.74) is 1.65. The van der Waals surface area contributed by atoms with E-state index in [1.54, 1.807) is 19.1 Å². The summed E-state index contributed by atoms with van der Waals surface area (Å²) >= 11 is 5.96. The number of halogens is 2. The van der Waals surface area contributed by atoms with Gasteiger partial charge in [-0.15, -0.1) is 10.2 Å². The van der Waals surface area contributed by atoms with E-state index in [1.165, 1.54) is 4.57 Å². The first-order chi connectivity index (χ1) is 8.84. The minimum absolute atomic E-state index is 0.258. The number of hydrogen-bond donors (Lipinski definition) is 0. The Kier molecular flexibility index (Phi) is 3.85. The van der Waals surface area contributed by atoms with E-state index in [-0.39, 0.29) is 5.16 Å². The van der Waals surface area contributed by atoms with Gasteiger partial charge in [0.2, 0.25) is 0 Å². The van der Waals surface area contributed by atoms with Crippen LogP contribution in [0.5, 0.6) is 0 Å². The number of hydrogen-bond acceptors (Lipinski definition) is 4. The lowest BCUT2D eigenvalue weighted by Crippen LogP contribution is -2.06. The highest BCUT2D eigenvalue weighted by Crippen LogP contribution is 2.27. The molecule has 1 aromatic heterocycles. The SMILES string of the molecule is CCn1c(-c2cc(Cl)ccc2C)nnc1S(=O)(=O)Cl. The first-order valence-electron chi connectivity index (χ1n) is 5.49. The van der Waals surface area contributed by atoms with E-state index in [0.29, 0.717) is 17.4 Å². The van der Waals surface area contributed by atoms with Crippen LogP contribution in [-0.4, -0.2) is 23.2 Å². The molecule has 1 heterocycles. The maximum absolute atomic E-state index is 11.4. The fraction of sp³-hybridized carbons (Fsp3) is 0.273. The minimum Gasteiger partial charge on any atom is -0.297 e. The van der Waals surface area contributed by atoms with Crippen molar-refractivity contribution >= 4 is 31.3 Å². The second-order valence-electron chi connectivity index (χ2n) is 3.95. The lowest BCUT2D eigenvalue weighted by molar-refractivity contribution is 0.582. The fourth-order valence-electron chi connectivity index (χ4n) is 1.79. The second-order valence-corrected chi connectivity index (χ2v) is 6.84. The van der Waals surface area contributed by atoms with Crippen molar-refractivity contribution in [1.82, 2.24) is 14.8 Å². The molecule has 5 nitrogen and oxygen atoms in total. The average Bonchev–Trinajstić information content (AvgIpc) is 2.75. The molecule has 1 aromatic carbocycles. The van der Waals surface area contributed by atoms with Crippen molar-refractivity contribution in [3.8, 4) is 11.4 Å². The second kappa shape index (κ2) is 5.11. The molecule has 0 unspecified atom stereocenters. The van der Waals surface area contributed by atoms with Crippen LogP contribution in [0.1, 0.15) is 12.5 Å². The summed E-state index contributed by atoms with van der Waals surface area (Å²) in [6, 6.07) is 5.31. The van der Waals surface area contributed by atoms with E-state index in [4.69, 9.17) is 22.3 Å². The van der Waals surface area contributed by atoms with E-state index in [2.05, 4.69) is 10.2 Å². The quantitative estimate of drug-likeness (QED) is 0.816. The smallest absolute Gasteiger partial charge is 0.296 e. The molecule has 2 aromatic rings. The first kappa shape index (κ1) is 14.3. The average molecular weight is 320 g/mol. The molecule has 0 amide bonds. The highest BCUT2D eigenvalue weighted by Gasteiger charge is 2.23. The van der Waals surface area contributed by atoms with Gasteiger partial charge < -0.3 is 0 Å². The summed E-state index contributed by atoms with van der Waals surface area (Å²) in [6.07, 6.45) is 0. The molecule has 0 saturated heterocycles. The van der Waals surface area contributed by atoms with Gasteiger partial charge in [-0.2, -0.15) is 0 Å². The summed E-state index contributed by atoms with van der Waals surface area (Å²) in [5, 5.41) is 7.86. The van der Waals surface area contributed by atoms with Crippen molar-refractivity contribution in [2.75, 3.05) is 0 Å². The van der Waals surface area contributed by atoms with E-state index >= 15 is 0 Å². The molecular formula is C11H11Cl2N3O2S. The number of aromatic nitrogens is 3. The maximum Gasteiger partial charge on any atom is 0.296 e. The van der Waals surface area contributed by atoms with Crippen LogP contribution in [0.2, 0.25) is 5.02 Å². The molecule has 0 spiro atoms. The molecule has 0 radical (unpaired) electrons. The van der Waals surface area contributed by atoms with Gasteiger partial charge in [0.15, 0.2) is 5.82 Å². The third-order valence-corrected chi connectivity index (χ3v) is 4.08. The summed E-state index contributed by atoms with van der Waals surface area (Å²) in [7, 11) is 1.41. The molecule has 0 fully saturated rings. The van der Waals surface area contributed by atoms with Crippen LogP contribution in [0.3, 0.4) is 0 Å². The number of rotatable bonds is 3. The molecule has 0 aliphatic rings. The molecule has 0 bridgehead atoms. The summed E-state index contributed by atoms with van der Waals surface area (Å²) in [4.78, 5) is 0. The van der Waals surface area contributed by atoms with Gasteiger partial charge in [0.25, 0.3) is 14.2 Å². The Bertz CT molecular complexity index is 726. The molecule has 102 valence electrons. The van der Waals surface area contributed by atoms with Gasteiger partial charge in [-0.1, -0.05) is 17.7 Å². The monoisotopic (exact) mass is 319 g/mol. The zero-order valence-corrected chi connectivity index (χ0v) is 12.6. The third-order valence-electron chi connectivity index (χ3n) is 2.69. The third kappa shape index (κ3) is 2.75. The fourth-order valence-corrected chi connectivity index (χ4v) is 2.92. The van der Waals surface area contributed by atoms with Gasteiger partial charge in [-0.3, -0.25) is 4.57 Å². The number of aryl methyl sites for hydroxylation is 1. The lowest BCUT2D eigenvalue weighted by Gasteiger charge is -2.08. The van der Waals surface area contributed by atoms with Crippen molar-refractivity contribution < 1.29 is 8.42 Å². The molecule has 0 N–H and O–H groups in total. The standard InChI is InChI=1S/C11H11Cl2N3O2S/c1-3-16-10(14-15-11(16)19(13,17)18)9-6-8(12)5-4-7(9)2/h4-6H,3H2,1-2H3. The molecule has 0 aliphatic heterocycles. The van der Waals surface area contributed by atoms with Crippen molar-refractivity contribution in [3.63, 3.8) is 0 Å². The van der Waals surface area contributed by atoms with Crippen LogP contribution in [0.25, 0.3) is 11.4 Å². The van der Waals surface area contributed by atoms with Crippen LogP contribution in [0.15, 0.2) is 23.4 Å². The van der Waals surface area contributed by atoms with Crippen LogP contribution in [0, 0.1) is 6.92 Å². The van der Waals surface area contributed by atoms with Crippen LogP contribution in [0.4, 0.5) is 0 Å². The molecule has 8 heteroatoms. The van der Waals surface area contributed by atoms with Gasteiger partial charge in [0, 0.05) is 27.8 Å². The molecular weight excluding hydrogens is 309 g/mol. The summed E-state index contributed by atoms with van der Waals surface area (Å²) < 4.78 is 24.3. The molecule has 0 saturated carbocycles. The van der Waals surface area contributed by atoms with E-state index in [1.807, 2.05) is 13.0 Å². The summed E-state index contributed by atoms with van der Waals surface area (Å²) in [6.45, 7) is 4.06. The van der Waals surface area contributed by atoms with Crippen molar-refractivity contribution in [2.45, 2.75) is 25.5 Å². The minimum atomic E-state index is -3.93. The van der Waals surface area contributed by atoms with E-state index in [0.717, 1.165) is 11.1 Å². The Hall–Kier alpha value is -1.11. The van der Waals surface area contributed by atoms with Gasteiger partial charge in [-0.05, 0) is 31.5 Å². The molecule has 2 rings (SSSR count). The van der Waals surface area contributed by atoms with Crippen LogP contribution >= 0.6 is 22.3 Å². The maximum atomic E-state index is 11.4. The predicted molar refractivity (Wildman–Crippen MR) is 73.9 cm³/mol. The van der Waals surface area contributed by atoms with Gasteiger partial charge in [0.1, 0.15) is 0 Å². The van der Waals surface area contributed by atoms with E-state index in [9.17, 15) is 8.42 Å². The molecule has 19 heavy (non-hydrogen) atoms. The van der Waals surface area contributed by atoms with Gasteiger partial charge in [0.05, 0.1) is 0 Å². The topological polar surface area (TPSA) is 64.8 Å². The van der Waals surface area contributed by atoms with Gasteiger partial charge >= 0.3 is 0 Å². The number of benzene rings is 1. The molecule has 0 aliphatic carbocycles. The largest absolute Gasteiger partial charge is 0.297 e. The van der Waals surface area contributed by atoms with Crippen molar-refractivity contribution in [2.24, 2.45) is 0 Å². The van der Waals surface area contributed by atoms with Crippen LogP contribution in [-0.2, 0) is 15.6 Å². The van der Waals surface area contributed by atoms with Crippen LogP contribution < -0.4 is 0 Å². The highest BCUT2D eigenvalue weighted by molar-refractivity contribution is 8.13. The zero-order valence-electron chi connectivity index (χ0n) is 10.3. The lowest BCUT2D eigenvalue weighted by atomic mass is 10.1. The highest BCUT2D eigenvalue weighted by atomic mass is 35.7. The predicted octanol–water partition coefficient (Wildman–Crippen LogP) is 2.85.